The average molecular weight is 307 g/mol. The topological polar surface area (TPSA) is 47.9 Å². The molecule has 0 N–H and O–H groups in total. The van der Waals surface area contributed by atoms with Crippen LogP contribution in [0, 0.1) is 0 Å². The lowest BCUT2D eigenvalue weighted by molar-refractivity contribution is -0.260. The second-order valence-corrected chi connectivity index (χ2v) is 7.01. The quantitative estimate of drug-likeness (QED) is 0.367. The second kappa shape index (κ2) is 6.86. The molecule has 1 atom stereocenters. The van der Waals surface area contributed by atoms with Crippen molar-refractivity contribution in [3.63, 3.8) is 0 Å². The minimum Gasteiger partial charge on any atom is -0.595 e. The van der Waals surface area contributed by atoms with Gasteiger partial charge in [-0.2, -0.15) is 12.6 Å². The Kier molecular flexibility index (Phi) is 6.07. The van der Waals surface area contributed by atoms with Crippen molar-refractivity contribution in [2.75, 3.05) is 24.6 Å². The van der Waals surface area contributed by atoms with Crippen LogP contribution in [0.1, 0.15) is 20.8 Å². The number of thiol groups is 1. The van der Waals surface area contributed by atoms with Crippen LogP contribution in [-0.4, -0.2) is 51.5 Å². The lowest BCUT2D eigenvalue weighted by Gasteiger charge is -2.30. The lowest BCUT2D eigenvalue weighted by Crippen LogP contribution is -2.37. The zero-order valence-corrected chi connectivity index (χ0v) is 13.4. The molecule has 7 heteroatoms. The number of aliphatic imine (C=N–C) groups is 1. The Hall–Kier alpha value is -0.140. The third-order valence-electron chi connectivity index (χ3n) is 2.20. The maximum absolute atomic E-state index is 11.4. The van der Waals surface area contributed by atoms with Gasteiger partial charge >= 0.3 is 0 Å². The summed E-state index contributed by atoms with van der Waals surface area (Å²) in [6.07, 6.45) is -0.556. The van der Waals surface area contributed by atoms with Crippen LogP contribution in [0.2, 0.25) is 0 Å². The molecule has 0 unspecified atom stereocenters. The minimum absolute atomic E-state index is 0.217. The normalized spacial score (nSPS) is 21.2. The molecule has 0 aromatic carbocycles. The van der Waals surface area contributed by atoms with Crippen molar-refractivity contribution in [1.82, 2.24) is 4.90 Å². The largest absolute Gasteiger partial charge is 0.595 e. The fourth-order valence-corrected chi connectivity index (χ4v) is 3.43. The van der Waals surface area contributed by atoms with Crippen LogP contribution >= 0.6 is 36.6 Å². The molecule has 0 saturated carbocycles. The van der Waals surface area contributed by atoms with E-state index in [1.807, 2.05) is 32.5 Å². The Labute approximate surface area is 124 Å². The average Bonchev–Trinajstić information content (AvgIpc) is 2.71. The number of thiocarbonyl (C=S) groups is 1. The Morgan fingerprint density at radius 3 is 2.83 bits per heavy atom. The van der Waals surface area contributed by atoms with E-state index in [0.29, 0.717) is 10.4 Å². The van der Waals surface area contributed by atoms with E-state index in [9.17, 15) is 5.11 Å². The molecule has 1 saturated heterocycles. The number of thioether (sulfide) groups is 1. The Bertz CT molecular complexity index is 329. The first-order chi connectivity index (χ1) is 8.33. The lowest BCUT2D eigenvalue weighted by atomic mass is 10.2. The van der Waals surface area contributed by atoms with Gasteiger partial charge in [0.25, 0.3) is 0 Å². The molecule has 1 heterocycles. The van der Waals surface area contributed by atoms with Gasteiger partial charge in [0, 0.05) is 23.7 Å². The van der Waals surface area contributed by atoms with Crippen molar-refractivity contribution < 1.29 is 9.84 Å². The van der Waals surface area contributed by atoms with Gasteiger partial charge in [-0.05, 0) is 0 Å². The van der Waals surface area contributed by atoms with Gasteiger partial charge in [0.05, 0.1) is 11.9 Å². The molecule has 0 amide bonds. The summed E-state index contributed by atoms with van der Waals surface area (Å²) >= 11 is 11.4. The van der Waals surface area contributed by atoms with E-state index < -0.39 is 11.7 Å². The van der Waals surface area contributed by atoms with Crippen molar-refractivity contribution in [2.45, 2.75) is 31.7 Å². The molecule has 18 heavy (non-hydrogen) atoms. The molecular formula is C11H19N2O2S3-. The van der Waals surface area contributed by atoms with Gasteiger partial charge in [0.1, 0.15) is 11.1 Å². The Morgan fingerprint density at radius 2 is 2.28 bits per heavy atom. The van der Waals surface area contributed by atoms with Gasteiger partial charge < -0.3 is 14.7 Å². The molecule has 0 aromatic heterocycles. The molecular weight excluding hydrogens is 288 g/mol. The van der Waals surface area contributed by atoms with Crippen molar-refractivity contribution in [1.29, 1.82) is 0 Å². The number of ether oxygens (including phenoxy) is 1. The van der Waals surface area contributed by atoms with Gasteiger partial charge in [-0.1, -0.05) is 33.0 Å². The van der Waals surface area contributed by atoms with Crippen LogP contribution in [0.4, 0.5) is 0 Å². The molecule has 1 aliphatic rings. The molecule has 1 aliphatic heterocycles. The highest BCUT2D eigenvalue weighted by molar-refractivity contribution is 8.00. The molecule has 1 fully saturated rings. The number of hydrogen-bond donors (Lipinski definition) is 1. The molecule has 4 nitrogen and oxygen atoms in total. The SMILES string of the molecule is CC(C)(C)OC([O-])=NCC(=S)N1CCS[C@H]1CS. The first-order valence-corrected chi connectivity index (χ1v) is 7.85. The van der Waals surface area contributed by atoms with E-state index in [4.69, 9.17) is 17.0 Å². The number of nitrogens with zero attached hydrogens (tertiary/aromatic N) is 2. The van der Waals surface area contributed by atoms with E-state index in [2.05, 4.69) is 22.5 Å². The molecule has 0 bridgehead atoms. The van der Waals surface area contributed by atoms with Crippen LogP contribution in [0.15, 0.2) is 4.99 Å². The predicted molar refractivity (Wildman–Crippen MR) is 82.5 cm³/mol. The van der Waals surface area contributed by atoms with Gasteiger partial charge in [0.15, 0.2) is 0 Å². The van der Waals surface area contributed by atoms with Gasteiger partial charge in [-0.15, -0.1) is 11.8 Å². The van der Waals surface area contributed by atoms with E-state index >= 15 is 0 Å². The number of hydrogen-bond acceptors (Lipinski definition) is 6. The van der Waals surface area contributed by atoms with Crippen LogP contribution < -0.4 is 5.11 Å². The van der Waals surface area contributed by atoms with Crippen LogP contribution in [-0.2, 0) is 4.74 Å². The maximum Gasteiger partial charge on any atom is 0.146 e. The summed E-state index contributed by atoms with van der Waals surface area (Å²) < 4.78 is 5.10. The molecule has 104 valence electrons. The molecule has 0 aromatic rings. The van der Waals surface area contributed by atoms with E-state index in [1.165, 1.54) is 0 Å². The molecule has 1 rings (SSSR count). The zero-order chi connectivity index (χ0) is 13.8. The zero-order valence-electron chi connectivity index (χ0n) is 10.9. The fraction of sp³-hybridized carbons (Fsp3) is 0.818. The van der Waals surface area contributed by atoms with Gasteiger partial charge in [-0.3, -0.25) is 4.99 Å². The first kappa shape index (κ1) is 15.9. The first-order valence-electron chi connectivity index (χ1n) is 5.76. The second-order valence-electron chi connectivity index (χ2n) is 4.89. The molecule has 0 aliphatic carbocycles. The Morgan fingerprint density at radius 1 is 1.61 bits per heavy atom. The van der Waals surface area contributed by atoms with Crippen LogP contribution in [0.5, 0.6) is 0 Å². The minimum atomic E-state index is -0.556. The smallest absolute Gasteiger partial charge is 0.146 e. The summed E-state index contributed by atoms with van der Waals surface area (Å²) in [6.45, 7) is 6.56. The standard InChI is InChI=1S/C11H20N2O2S3/c1-11(2,3)15-10(14)12-6-8(17)13-4-5-18-9(13)7-16/h9,16H,4-7H2,1-3H3,(H,12,14)/p-1/t9-/m0/s1. The highest BCUT2D eigenvalue weighted by Crippen LogP contribution is 2.24. The highest BCUT2D eigenvalue weighted by Gasteiger charge is 2.25. The fourth-order valence-electron chi connectivity index (χ4n) is 1.47. The van der Waals surface area contributed by atoms with E-state index in [0.717, 1.165) is 18.1 Å². The third kappa shape index (κ3) is 5.24. The molecule has 0 radical (unpaired) electrons. The third-order valence-corrected chi connectivity index (χ3v) is 4.38. The van der Waals surface area contributed by atoms with E-state index in [1.54, 1.807) is 0 Å². The highest BCUT2D eigenvalue weighted by atomic mass is 32.2. The predicted octanol–water partition coefficient (Wildman–Crippen LogP) is 1.15. The summed E-state index contributed by atoms with van der Waals surface area (Å²) in [7, 11) is 0. The van der Waals surface area contributed by atoms with Gasteiger partial charge in [0.2, 0.25) is 0 Å². The maximum atomic E-state index is 11.4. The Balaban J connectivity index is 2.47. The van der Waals surface area contributed by atoms with Gasteiger partial charge in [-0.25, -0.2) is 0 Å². The van der Waals surface area contributed by atoms with Crippen molar-refractivity contribution in [2.24, 2.45) is 4.99 Å². The summed E-state index contributed by atoms with van der Waals surface area (Å²) in [4.78, 5) is 6.61. The van der Waals surface area contributed by atoms with Crippen molar-refractivity contribution >= 4 is 47.7 Å². The van der Waals surface area contributed by atoms with Crippen molar-refractivity contribution in [3.05, 3.63) is 0 Å². The summed E-state index contributed by atoms with van der Waals surface area (Å²) in [5.41, 5.74) is -0.515. The molecule has 0 spiro atoms. The van der Waals surface area contributed by atoms with Crippen molar-refractivity contribution in [3.8, 4) is 0 Å². The summed E-state index contributed by atoms with van der Waals surface area (Å²) in [5.74, 6) is 1.79. The van der Waals surface area contributed by atoms with Crippen LogP contribution in [0.25, 0.3) is 0 Å². The monoisotopic (exact) mass is 307 g/mol. The van der Waals surface area contributed by atoms with E-state index in [-0.39, 0.29) is 6.54 Å². The summed E-state index contributed by atoms with van der Waals surface area (Å²) in [5, 5.41) is 11.7. The summed E-state index contributed by atoms with van der Waals surface area (Å²) in [6, 6.07) is 0. The van der Waals surface area contributed by atoms with Crippen LogP contribution in [0.3, 0.4) is 0 Å². The number of rotatable bonds is 3.